The van der Waals surface area contributed by atoms with Crippen LogP contribution in [0.25, 0.3) is 11.3 Å². The number of carbonyl (C=O) groups is 1. The molecule has 1 aromatic heterocycles. The molecule has 0 fully saturated rings. The average molecular weight is 273 g/mol. The van der Waals surface area contributed by atoms with Gasteiger partial charge in [-0.3, -0.25) is 4.79 Å². The number of carbonyl (C=O) groups excluding carboxylic acids is 1. The molecule has 1 amide bonds. The topological polar surface area (TPSA) is 81.2 Å². The van der Waals surface area contributed by atoms with Crippen LogP contribution < -0.4 is 11.1 Å². The number of aryl methyl sites for hydroxylation is 1. The standard InChI is InChI=1S/C15H19N3O2/c1-3-4-13(16)15(19)18-12-7-5-11(6-8-12)14-9-20-10(2)17-14/h5-9,13H,3-4,16H2,1-2H3,(H,18,19)/t13-/m1/s1. The second-order valence-corrected chi connectivity index (χ2v) is 4.71. The molecule has 2 rings (SSSR count). The summed E-state index contributed by atoms with van der Waals surface area (Å²) in [4.78, 5) is 16.0. The Balaban J connectivity index is 2.03. The van der Waals surface area contributed by atoms with E-state index >= 15 is 0 Å². The molecular weight excluding hydrogens is 254 g/mol. The molecule has 0 radical (unpaired) electrons. The van der Waals surface area contributed by atoms with Crippen LogP contribution in [0.15, 0.2) is 34.9 Å². The van der Waals surface area contributed by atoms with Crippen LogP contribution >= 0.6 is 0 Å². The Hall–Kier alpha value is -2.14. The highest BCUT2D eigenvalue weighted by Crippen LogP contribution is 2.20. The van der Waals surface area contributed by atoms with Crippen LogP contribution in [0.1, 0.15) is 25.7 Å². The molecule has 20 heavy (non-hydrogen) atoms. The predicted octanol–water partition coefficient (Wildman–Crippen LogP) is 2.72. The van der Waals surface area contributed by atoms with Gasteiger partial charge in [0.1, 0.15) is 12.0 Å². The SMILES string of the molecule is CCC[C@@H](N)C(=O)Nc1ccc(-c2coc(C)n2)cc1. The lowest BCUT2D eigenvalue weighted by Gasteiger charge is -2.11. The van der Waals surface area contributed by atoms with Gasteiger partial charge in [-0.2, -0.15) is 0 Å². The van der Waals surface area contributed by atoms with E-state index in [-0.39, 0.29) is 5.91 Å². The molecule has 0 aliphatic rings. The van der Waals surface area contributed by atoms with Crippen LogP contribution in [0, 0.1) is 6.92 Å². The Morgan fingerprint density at radius 3 is 2.65 bits per heavy atom. The van der Waals surface area contributed by atoms with Crippen molar-refractivity contribution in [3.05, 3.63) is 36.4 Å². The number of nitrogens with two attached hydrogens (primary N) is 1. The minimum atomic E-state index is -0.460. The van der Waals surface area contributed by atoms with Crippen LogP contribution in [0.2, 0.25) is 0 Å². The Bertz CT molecular complexity index is 575. The van der Waals surface area contributed by atoms with Gasteiger partial charge in [0.15, 0.2) is 5.89 Å². The monoisotopic (exact) mass is 273 g/mol. The third-order valence-electron chi connectivity index (χ3n) is 3.00. The van der Waals surface area contributed by atoms with Gasteiger partial charge >= 0.3 is 0 Å². The lowest BCUT2D eigenvalue weighted by molar-refractivity contribution is -0.117. The van der Waals surface area contributed by atoms with Crippen LogP contribution in [0.3, 0.4) is 0 Å². The number of rotatable bonds is 5. The fraction of sp³-hybridized carbons (Fsp3) is 0.333. The molecule has 0 aliphatic carbocycles. The largest absolute Gasteiger partial charge is 0.449 e. The fourth-order valence-electron chi connectivity index (χ4n) is 1.90. The number of hydrogen-bond acceptors (Lipinski definition) is 4. The first-order valence-corrected chi connectivity index (χ1v) is 6.69. The first-order chi connectivity index (χ1) is 9.60. The number of nitrogens with zero attached hydrogens (tertiary/aromatic N) is 1. The van der Waals surface area contributed by atoms with Crippen LogP contribution in [-0.2, 0) is 4.79 Å². The van der Waals surface area contributed by atoms with Crippen molar-refractivity contribution in [2.45, 2.75) is 32.7 Å². The van der Waals surface area contributed by atoms with Crippen LogP contribution in [0.4, 0.5) is 5.69 Å². The van der Waals surface area contributed by atoms with E-state index in [0.717, 1.165) is 23.4 Å². The van der Waals surface area contributed by atoms with Crippen molar-refractivity contribution in [2.24, 2.45) is 5.73 Å². The molecule has 5 nitrogen and oxygen atoms in total. The summed E-state index contributed by atoms with van der Waals surface area (Å²) in [5.41, 5.74) is 8.22. The molecule has 106 valence electrons. The normalized spacial score (nSPS) is 12.2. The number of anilines is 1. The van der Waals surface area contributed by atoms with Crippen molar-refractivity contribution >= 4 is 11.6 Å². The number of aromatic nitrogens is 1. The maximum absolute atomic E-state index is 11.8. The first-order valence-electron chi connectivity index (χ1n) is 6.69. The summed E-state index contributed by atoms with van der Waals surface area (Å²) in [5.74, 6) is 0.472. The van der Waals surface area contributed by atoms with Gasteiger partial charge in [0.2, 0.25) is 5.91 Å². The summed E-state index contributed by atoms with van der Waals surface area (Å²) in [5, 5.41) is 2.80. The Kier molecular flexibility index (Phi) is 4.53. The van der Waals surface area contributed by atoms with Crippen molar-refractivity contribution in [3.8, 4) is 11.3 Å². The summed E-state index contributed by atoms with van der Waals surface area (Å²) in [6, 6.07) is 6.97. The molecule has 1 heterocycles. The highest BCUT2D eigenvalue weighted by Gasteiger charge is 2.12. The Morgan fingerprint density at radius 2 is 2.10 bits per heavy atom. The number of hydrogen-bond donors (Lipinski definition) is 2. The van der Waals surface area contributed by atoms with Gasteiger partial charge in [0, 0.05) is 18.2 Å². The van der Waals surface area contributed by atoms with E-state index in [1.165, 1.54) is 0 Å². The fourth-order valence-corrected chi connectivity index (χ4v) is 1.90. The first kappa shape index (κ1) is 14.3. The predicted molar refractivity (Wildman–Crippen MR) is 78.2 cm³/mol. The molecule has 0 saturated heterocycles. The van der Waals surface area contributed by atoms with Gasteiger partial charge in [-0.15, -0.1) is 0 Å². The molecule has 0 aliphatic heterocycles. The molecular formula is C15H19N3O2. The minimum Gasteiger partial charge on any atom is -0.449 e. The maximum atomic E-state index is 11.8. The maximum Gasteiger partial charge on any atom is 0.241 e. The van der Waals surface area contributed by atoms with Gasteiger partial charge in [-0.25, -0.2) is 4.98 Å². The van der Waals surface area contributed by atoms with Crippen molar-refractivity contribution in [3.63, 3.8) is 0 Å². The number of amides is 1. The van der Waals surface area contributed by atoms with E-state index in [1.54, 1.807) is 13.2 Å². The van der Waals surface area contributed by atoms with Crippen molar-refractivity contribution in [1.29, 1.82) is 0 Å². The average Bonchev–Trinajstić information content (AvgIpc) is 2.86. The summed E-state index contributed by atoms with van der Waals surface area (Å²) < 4.78 is 5.17. The lowest BCUT2D eigenvalue weighted by atomic mass is 10.1. The quantitative estimate of drug-likeness (QED) is 0.877. The van der Waals surface area contributed by atoms with Gasteiger partial charge < -0.3 is 15.5 Å². The summed E-state index contributed by atoms with van der Waals surface area (Å²) >= 11 is 0. The third kappa shape index (κ3) is 3.45. The van der Waals surface area contributed by atoms with Gasteiger partial charge in [0.05, 0.1) is 6.04 Å². The van der Waals surface area contributed by atoms with Crippen LogP contribution in [-0.4, -0.2) is 16.9 Å². The third-order valence-corrected chi connectivity index (χ3v) is 3.00. The van der Waals surface area contributed by atoms with Crippen molar-refractivity contribution < 1.29 is 9.21 Å². The van der Waals surface area contributed by atoms with Gasteiger partial charge in [0.25, 0.3) is 0 Å². The second kappa shape index (κ2) is 6.34. The number of oxazole rings is 1. The van der Waals surface area contributed by atoms with Crippen molar-refractivity contribution in [2.75, 3.05) is 5.32 Å². The number of nitrogens with one attached hydrogen (secondary N) is 1. The van der Waals surface area contributed by atoms with E-state index in [1.807, 2.05) is 31.2 Å². The molecule has 3 N–H and O–H groups in total. The van der Waals surface area contributed by atoms with E-state index in [0.29, 0.717) is 12.3 Å². The van der Waals surface area contributed by atoms with Crippen molar-refractivity contribution in [1.82, 2.24) is 4.98 Å². The summed E-state index contributed by atoms with van der Waals surface area (Å²) in [6.07, 6.45) is 3.18. The molecule has 2 aromatic rings. The molecule has 5 heteroatoms. The molecule has 1 atom stereocenters. The minimum absolute atomic E-state index is 0.156. The highest BCUT2D eigenvalue weighted by molar-refractivity contribution is 5.94. The molecule has 0 bridgehead atoms. The second-order valence-electron chi connectivity index (χ2n) is 4.71. The summed E-state index contributed by atoms with van der Waals surface area (Å²) in [7, 11) is 0. The van der Waals surface area contributed by atoms with Crippen LogP contribution in [0.5, 0.6) is 0 Å². The smallest absolute Gasteiger partial charge is 0.241 e. The Labute approximate surface area is 118 Å². The molecule has 1 aromatic carbocycles. The van der Waals surface area contributed by atoms with E-state index in [4.69, 9.17) is 10.2 Å². The zero-order chi connectivity index (χ0) is 14.5. The molecule has 0 spiro atoms. The Morgan fingerprint density at radius 1 is 1.40 bits per heavy atom. The zero-order valence-corrected chi connectivity index (χ0v) is 11.7. The van der Waals surface area contributed by atoms with E-state index in [2.05, 4.69) is 10.3 Å². The highest BCUT2D eigenvalue weighted by atomic mass is 16.3. The van der Waals surface area contributed by atoms with Gasteiger partial charge in [-0.1, -0.05) is 25.5 Å². The zero-order valence-electron chi connectivity index (χ0n) is 11.7. The molecule has 0 unspecified atom stereocenters. The molecule has 0 saturated carbocycles. The van der Waals surface area contributed by atoms with E-state index < -0.39 is 6.04 Å². The van der Waals surface area contributed by atoms with E-state index in [9.17, 15) is 4.79 Å². The lowest BCUT2D eigenvalue weighted by Crippen LogP contribution is -2.35. The number of benzene rings is 1. The van der Waals surface area contributed by atoms with Gasteiger partial charge in [-0.05, 0) is 18.6 Å². The summed E-state index contributed by atoms with van der Waals surface area (Å²) in [6.45, 7) is 3.80.